The second-order valence-electron chi connectivity index (χ2n) is 5.45. The molecule has 1 N–H and O–H groups in total. The van der Waals surface area contributed by atoms with Crippen LogP contribution in [-0.4, -0.2) is 55.2 Å². The molecule has 2 amide bonds. The zero-order chi connectivity index (χ0) is 16.1. The number of nitrogens with one attached hydrogen (secondary N) is 1. The summed E-state index contributed by atoms with van der Waals surface area (Å²) in [4.78, 5) is 37.9. The lowest BCUT2D eigenvalue weighted by atomic mass is 10.2. The van der Waals surface area contributed by atoms with E-state index in [0.717, 1.165) is 18.8 Å². The van der Waals surface area contributed by atoms with Gasteiger partial charge in [0.15, 0.2) is 0 Å². The third kappa shape index (κ3) is 4.07. The van der Waals surface area contributed by atoms with Crippen molar-refractivity contribution in [3.63, 3.8) is 0 Å². The number of hydrogen-bond acceptors (Lipinski definition) is 4. The summed E-state index contributed by atoms with van der Waals surface area (Å²) in [5.74, 6) is -1.46. The second kappa shape index (κ2) is 7.06. The Morgan fingerprint density at radius 2 is 1.82 bits per heavy atom. The van der Waals surface area contributed by atoms with E-state index in [9.17, 15) is 14.4 Å². The van der Waals surface area contributed by atoms with Crippen LogP contribution in [0.3, 0.4) is 0 Å². The molecule has 1 aromatic carbocycles. The van der Waals surface area contributed by atoms with E-state index in [2.05, 4.69) is 35.3 Å². The fraction of sp³-hybridized carbons (Fsp3) is 0.438. The fourth-order valence-corrected chi connectivity index (χ4v) is 2.43. The summed E-state index contributed by atoms with van der Waals surface area (Å²) in [6, 6.07) is 8.28. The quantitative estimate of drug-likeness (QED) is 0.815. The van der Waals surface area contributed by atoms with Gasteiger partial charge in [0.2, 0.25) is 11.7 Å². The van der Waals surface area contributed by atoms with Gasteiger partial charge in [-0.05, 0) is 24.6 Å². The number of benzene rings is 1. The minimum absolute atomic E-state index is 0.122. The lowest BCUT2D eigenvalue weighted by molar-refractivity contribution is -0.138. The predicted octanol–water partition coefficient (Wildman–Crippen LogP) is 0.349. The van der Waals surface area contributed by atoms with Crippen molar-refractivity contribution in [2.45, 2.75) is 13.8 Å². The number of carbonyl (C=O) groups is 3. The Kier molecular flexibility index (Phi) is 5.14. The number of carbonyl (C=O) groups excluding carboxylic acids is 3. The summed E-state index contributed by atoms with van der Waals surface area (Å²) in [6.07, 6.45) is 0. The standard InChI is InChI=1S/C16H21N3O3/c1-12-4-3-5-14(10-12)18-6-8-19(9-7-18)15(21)11-17-16(22)13(2)20/h3-5,10H,6-9,11H2,1-2H3,(H,17,22). The molecule has 0 saturated carbocycles. The third-order valence-electron chi connectivity index (χ3n) is 3.72. The van der Waals surface area contributed by atoms with E-state index in [-0.39, 0.29) is 12.5 Å². The summed E-state index contributed by atoms with van der Waals surface area (Å²) in [5, 5.41) is 2.34. The maximum atomic E-state index is 12.0. The number of amides is 2. The normalized spacial score (nSPS) is 14.6. The Morgan fingerprint density at radius 1 is 1.14 bits per heavy atom. The van der Waals surface area contributed by atoms with E-state index < -0.39 is 11.7 Å². The van der Waals surface area contributed by atoms with Crippen molar-refractivity contribution < 1.29 is 14.4 Å². The van der Waals surface area contributed by atoms with Crippen molar-refractivity contribution in [2.24, 2.45) is 0 Å². The molecule has 1 heterocycles. The number of aryl methyl sites for hydroxylation is 1. The minimum atomic E-state index is -0.716. The van der Waals surface area contributed by atoms with Gasteiger partial charge in [-0.2, -0.15) is 0 Å². The summed E-state index contributed by atoms with van der Waals surface area (Å²) in [7, 11) is 0. The molecule has 1 aliphatic heterocycles. The highest BCUT2D eigenvalue weighted by molar-refractivity contribution is 6.35. The molecule has 0 radical (unpaired) electrons. The van der Waals surface area contributed by atoms with E-state index >= 15 is 0 Å². The molecule has 0 unspecified atom stereocenters. The molecule has 0 aliphatic carbocycles. The number of anilines is 1. The average Bonchev–Trinajstić information content (AvgIpc) is 2.52. The fourth-order valence-electron chi connectivity index (χ4n) is 2.43. The first-order valence-corrected chi connectivity index (χ1v) is 7.35. The number of piperazine rings is 1. The maximum absolute atomic E-state index is 12.0. The highest BCUT2D eigenvalue weighted by Crippen LogP contribution is 2.17. The second-order valence-corrected chi connectivity index (χ2v) is 5.45. The van der Waals surface area contributed by atoms with Crippen molar-refractivity contribution in [3.8, 4) is 0 Å². The van der Waals surface area contributed by atoms with Gasteiger partial charge in [0.05, 0.1) is 6.54 Å². The minimum Gasteiger partial charge on any atom is -0.368 e. The Hall–Kier alpha value is -2.37. The first-order valence-electron chi connectivity index (χ1n) is 7.35. The lowest BCUT2D eigenvalue weighted by Gasteiger charge is -2.36. The van der Waals surface area contributed by atoms with E-state index in [1.54, 1.807) is 4.90 Å². The van der Waals surface area contributed by atoms with Crippen LogP contribution in [0, 0.1) is 6.92 Å². The van der Waals surface area contributed by atoms with Crippen molar-refractivity contribution in [1.82, 2.24) is 10.2 Å². The number of Topliss-reactive ketones (excluding diaryl/α,β-unsaturated/α-hetero) is 1. The van der Waals surface area contributed by atoms with Crippen LogP contribution in [0.2, 0.25) is 0 Å². The van der Waals surface area contributed by atoms with Gasteiger partial charge in [0.25, 0.3) is 5.91 Å². The van der Waals surface area contributed by atoms with Gasteiger partial charge in [-0.1, -0.05) is 12.1 Å². The van der Waals surface area contributed by atoms with Crippen LogP contribution in [0.25, 0.3) is 0 Å². The number of rotatable bonds is 4. The van der Waals surface area contributed by atoms with Crippen molar-refractivity contribution in [2.75, 3.05) is 37.6 Å². The molecule has 0 spiro atoms. The molecule has 2 rings (SSSR count). The van der Waals surface area contributed by atoms with E-state index in [4.69, 9.17) is 0 Å². The molecular weight excluding hydrogens is 282 g/mol. The topological polar surface area (TPSA) is 69.7 Å². The van der Waals surface area contributed by atoms with Crippen LogP contribution in [0.1, 0.15) is 12.5 Å². The maximum Gasteiger partial charge on any atom is 0.287 e. The SMILES string of the molecule is CC(=O)C(=O)NCC(=O)N1CCN(c2cccc(C)c2)CC1. The number of ketones is 1. The Morgan fingerprint density at radius 3 is 2.41 bits per heavy atom. The highest BCUT2D eigenvalue weighted by atomic mass is 16.2. The molecule has 6 nitrogen and oxygen atoms in total. The molecule has 22 heavy (non-hydrogen) atoms. The first kappa shape index (κ1) is 16.0. The first-order chi connectivity index (χ1) is 10.5. The van der Waals surface area contributed by atoms with Gasteiger partial charge in [-0.3, -0.25) is 14.4 Å². The van der Waals surface area contributed by atoms with Crippen LogP contribution >= 0.6 is 0 Å². The molecular formula is C16H21N3O3. The molecule has 1 aliphatic rings. The van der Waals surface area contributed by atoms with Crippen molar-refractivity contribution >= 4 is 23.3 Å². The Balaban J connectivity index is 1.83. The van der Waals surface area contributed by atoms with Gasteiger partial charge >= 0.3 is 0 Å². The molecule has 6 heteroatoms. The largest absolute Gasteiger partial charge is 0.368 e. The third-order valence-corrected chi connectivity index (χ3v) is 3.72. The Bertz CT molecular complexity index is 578. The summed E-state index contributed by atoms with van der Waals surface area (Å²) in [6.45, 7) is 5.86. The van der Waals surface area contributed by atoms with Gasteiger partial charge in [-0.15, -0.1) is 0 Å². The molecule has 1 fully saturated rings. The molecule has 1 aromatic rings. The zero-order valence-corrected chi connectivity index (χ0v) is 13.0. The van der Waals surface area contributed by atoms with E-state index in [1.165, 1.54) is 12.5 Å². The van der Waals surface area contributed by atoms with Crippen LogP contribution < -0.4 is 10.2 Å². The van der Waals surface area contributed by atoms with Gasteiger partial charge in [0.1, 0.15) is 0 Å². The molecule has 0 atom stereocenters. The molecule has 118 valence electrons. The van der Waals surface area contributed by atoms with Crippen molar-refractivity contribution in [3.05, 3.63) is 29.8 Å². The zero-order valence-electron chi connectivity index (χ0n) is 13.0. The van der Waals surface area contributed by atoms with Gasteiger partial charge in [-0.25, -0.2) is 0 Å². The summed E-state index contributed by atoms with van der Waals surface area (Å²) >= 11 is 0. The van der Waals surface area contributed by atoms with Crippen LogP contribution in [0.4, 0.5) is 5.69 Å². The summed E-state index contributed by atoms with van der Waals surface area (Å²) in [5.41, 5.74) is 2.37. The van der Waals surface area contributed by atoms with Crippen molar-refractivity contribution in [1.29, 1.82) is 0 Å². The Labute approximate surface area is 130 Å². The monoisotopic (exact) mass is 303 g/mol. The predicted molar refractivity (Wildman–Crippen MR) is 83.7 cm³/mol. The number of nitrogens with zero attached hydrogens (tertiary/aromatic N) is 2. The highest BCUT2D eigenvalue weighted by Gasteiger charge is 2.21. The van der Waals surface area contributed by atoms with E-state index in [0.29, 0.717) is 13.1 Å². The molecule has 0 aromatic heterocycles. The number of hydrogen-bond donors (Lipinski definition) is 1. The van der Waals surface area contributed by atoms with Crippen LogP contribution in [0.5, 0.6) is 0 Å². The smallest absolute Gasteiger partial charge is 0.287 e. The average molecular weight is 303 g/mol. The molecule has 1 saturated heterocycles. The van der Waals surface area contributed by atoms with Crippen LogP contribution in [0.15, 0.2) is 24.3 Å². The van der Waals surface area contributed by atoms with Gasteiger partial charge in [0, 0.05) is 38.8 Å². The lowest BCUT2D eigenvalue weighted by Crippen LogP contribution is -2.51. The summed E-state index contributed by atoms with van der Waals surface area (Å²) < 4.78 is 0. The van der Waals surface area contributed by atoms with Crippen LogP contribution in [-0.2, 0) is 14.4 Å². The van der Waals surface area contributed by atoms with Gasteiger partial charge < -0.3 is 15.1 Å². The van der Waals surface area contributed by atoms with E-state index in [1.807, 2.05) is 6.07 Å². The molecule has 0 bridgehead atoms.